The fraction of sp³-hybridized carbons (Fsp3) is 0.341. The van der Waals surface area contributed by atoms with Crippen LogP contribution in [0.3, 0.4) is 0 Å². The fourth-order valence-electron chi connectivity index (χ4n) is 7.69. The molecule has 54 heavy (non-hydrogen) atoms. The normalized spacial score (nSPS) is 19.2. The molecule has 4 aromatic rings. The molecular formula is C41H43ClN4O7S. The van der Waals surface area contributed by atoms with Gasteiger partial charge < -0.3 is 24.4 Å². The predicted octanol–water partition coefficient (Wildman–Crippen LogP) is 7.17. The summed E-state index contributed by atoms with van der Waals surface area (Å²) in [5.41, 5.74) is 3.80. The zero-order chi connectivity index (χ0) is 38.2. The molecule has 4 aromatic carbocycles. The van der Waals surface area contributed by atoms with E-state index in [2.05, 4.69) is 4.72 Å². The summed E-state index contributed by atoms with van der Waals surface area (Å²) in [5.74, 6) is 1.26. The molecule has 11 nitrogen and oxygen atoms in total. The number of unbranched alkanes of at least 4 members (excludes halogenated alkanes) is 2. The third kappa shape index (κ3) is 6.94. The lowest BCUT2D eigenvalue weighted by molar-refractivity contribution is -0.118. The van der Waals surface area contributed by atoms with Gasteiger partial charge in [-0.1, -0.05) is 42.5 Å². The van der Waals surface area contributed by atoms with Crippen LogP contribution in [-0.4, -0.2) is 81.7 Å². The van der Waals surface area contributed by atoms with E-state index in [9.17, 15) is 23.1 Å². The number of rotatable bonds is 12. The maximum atomic E-state index is 13.9. The Morgan fingerprint density at radius 3 is 2.54 bits per heavy atom. The monoisotopic (exact) mass is 770 g/mol. The van der Waals surface area contributed by atoms with Crippen LogP contribution < -0.4 is 19.1 Å². The van der Waals surface area contributed by atoms with Gasteiger partial charge in [0.15, 0.2) is 11.5 Å². The van der Waals surface area contributed by atoms with Crippen molar-refractivity contribution in [3.05, 3.63) is 89.5 Å². The van der Waals surface area contributed by atoms with Gasteiger partial charge in [-0.2, -0.15) is 0 Å². The maximum Gasteiger partial charge on any atom is 0.257 e. The number of fused-ring (bicyclic) bond motifs is 5. The van der Waals surface area contributed by atoms with Crippen molar-refractivity contribution in [2.75, 3.05) is 44.6 Å². The lowest BCUT2D eigenvalue weighted by Crippen LogP contribution is -2.52. The molecule has 13 heteroatoms. The first-order valence-electron chi connectivity index (χ1n) is 18.0. The van der Waals surface area contributed by atoms with Gasteiger partial charge >= 0.3 is 0 Å². The molecule has 0 spiro atoms. The number of phenols is 1. The van der Waals surface area contributed by atoms with Gasteiger partial charge in [0.2, 0.25) is 15.9 Å². The number of alkyl halides is 1. The largest absolute Gasteiger partial charge is 0.507 e. The minimum absolute atomic E-state index is 0.000349. The molecule has 3 aliphatic heterocycles. The molecular weight excluding hydrogens is 728 g/mol. The molecule has 2 N–H and O–H groups in total. The lowest BCUT2D eigenvalue weighted by Gasteiger charge is -2.41. The Morgan fingerprint density at radius 1 is 1.06 bits per heavy atom. The summed E-state index contributed by atoms with van der Waals surface area (Å²) in [5, 5.41) is 12.4. The van der Waals surface area contributed by atoms with Crippen molar-refractivity contribution in [3.8, 4) is 17.2 Å². The summed E-state index contributed by atoms with van der Waals surface area (Å²) >= 11 is 6.35. The summed E-state index contributed by atoms with van der Waals surface area (Å²) in [4.78, 5) is 35.8. The molecule has 0 aliphatic carbocycles. The molecule has 2 amide bonds. The van der Waals surface area contributed by atoms with Gasteiger partial charge in [-0.3, -0.25) is 14.6 Å². The van der Waals surface area contributed by atoms with Crippen LogP contribution in [0.15, 0.2) is 82.7 Å². The standard InChI is InChI=1S/C41H43ClN4O7S/c1-41-22-27(26-12-14-29(15-13-26)54(50,51)43-2)16-17-46(41)40(49)32-19-36(52-3)37(20-33(32)44-25-41)53-18-8-4-5-11-38(48)45-24-28(23-42)39-31-10-7-6-9-30(31)35(47)21-34(39)45/h6-7,9-10,12-16,19-21,25,28,43,47H,4-5,8,11,17-18,22-24H2,1-3H3/t28-,41+/m1/s1. The first-order chi connectivity index (χ1) is 26.0. The Bertz CT molecular complexity index is 2290. The third-order valence-electron chi connectivity index (χ3n) is 10.7. The number of hydrogen-bond donors (Lipinski definition) is 2. The van der Waals surface area contributed by atoms with Gasteiger partial charge in [0.25, 0.3) is 5.91 Å². The zero-order valence-electron chi connectivity index (χ0n) is 30.5. The van der Waals surface area contributed by atoms with Gasteiger partial charge in [0, 0.05) is 61.5 Å². The van der Waals surface area contributed by atoms with Gasteiger partial charge in [-0.25, -0.2) is 13.1 Å². The second-order valence-electron chi connectivity index (χ2n) is 14.1. The number of anilines is 1. The number of halogens is 1. The van der Waals surface area contributed by atoms with E-state index in [0.717, 1.165) is 39.6 Å². The minimum Gasteiger partial charge on any atom is -0.507 e. The lowest BCUT2D eigenvalue weighted by atomic mass is 9.85. The number of carbonyl (C=O) groups is 2. The highest BCUT2D eigenvalue weighted by atomic mass is 35.5. The van der Waals surface area contributed by atoms with Gasteiger partial charge in [0.05, 0.1) is 41.1 Å². The average molecular weight is 771 g/mol. The summed E-state index contributed by atoms with van der Waals surface area (Å²) < 4.78 is 38.5. The molecule has 0 saturated carbocycles. The molecule has 0 radical (unpaired) electrons. The van der Waals surface area contributed by atoms with E-state index in [1.165, 1.54) is 14.2 Å². The van der Waals surface area contributed by atoms with E-state index < -0.39 is 15.6 Å². The van der Waals surface area contributed by atoms with Crippen molar-refractivity contribution < 1.29 is 32.6 Å². The first kappa shape index (κ1) is 37.4. The van der Waals surface area contributed by atoms with Gasteiger partial charge in [-0.05, 0) is 73.5 Å². The zero-order valence-corrected chi connectivity index (χ0v) is 32.0. The quantitative estimate of drug-likeness (QED) is 0.115. The van der Waals surface area contributed by atoms with Crippen molar-refractivity contribution in [1.82, 2.24) is 9.62 Å². The Hall–Kier alpha value is -4.91. The number of ether oxygens (including phenoxy) is 2. The van der Waals surface area contributed by atoms with Crippen LogP contribution in [0.2, 0.25) is 0 Å². The average Bonchev–Trinajstić information content (AvgIpc) is 3.52. The van der Waals surface area contributed by atoms with Gasteiger partial charge in [-0.15, -0.1) is 11.6 Å². The molecule has 2 atom stereocenters. The number of aromatic hydroxyl groups is 1. The van der Waals surface area contributed by atoms with E-state index >= 15 is 0 Å². The van der Waals surface area contributed by atoms with Crippen LogP contribution >= 0.6 is 11.6 Å². The maximum absolute atomic E-state index is 13.9. The highest BCUT2D eigenvalue weighted by molar-refractivity contribution is 7.89. The van der Waals surface area contributed by atoms with Crippen LogP contribution in [0.5, 0.6) is 17.2 Å². The summed E-state index contributed by atoms with van der Waals surface area (Å²) in [6.07, 6.45) is 6.77. The highest BCUT2D eigenvalue weighted by Crippen LogP contribution is 2.46. The van der Waals surface area contributed by atoms with Crippen LogP contribution in [0.4, 0.5) is 11.4 Å². The van der Waals surface area contributed by atoms with Crippen molar-refractivity contribution >= 4 is 67.4 Å². The summed E-state index contributed by atoms with van der Waals surface area (Å²) in [7, 11) is -0.639. The number of amides is 2. The number of benzene rings is 4. The van der Waals surface area contributed by atoms with Crippen molar-refractivity contribution in [1.29, 1.82) is 0 Å². The summed E-state index contributed by atoms with van der Waals surface area (Å²) in [6.45, 7) is 3.20. The molecule has 0 fully saturated rings. The molecule has 7 rings (SSSR count). The van der Waals surface area contributed by atoms with E-state index in [1.54, 1.807) is 58.5 Å². The Morgan fingerprint density at radius 2 is 1.81 bits per heavy atom. The number of carbonyl (C=O) groups excluding carboxylic acids is 2. The topological polar surface area (TPSA) is 138 Å². The number of sulfonamides is 1. The molecule has 0 unspecified atom stereocenters. The number of aliphatic imine (C=N–C) groups is 1. The van der Waals surface area contributed by atoms with E-state index in [4.69, 9.17) is 26.1 Å². The van der Waals surface area contributed by atoms with Gasteiger partial charge in [0.1, 0.15) is 5.75 Å². The smallest absolute Gasteiger partial charge is 0.257 e. The Kier molecular flexibility index (Phi) is 10.4. The van der Waals surface area contributed by atoms with E-state index in [0.29, 0.717) is 74.0 Å². The Balaban J connectivity index is 0.971. The van der Waals surface area contributed by atoms with Crippen LogP contribution in [-0.2, 0) is 14.8 Å². The highest BCUT2D eigenvalue weighted by Gasteiger charge is 2.40. The van der Waals surface area contributed by atoms with Crippen molar-refractivity contribution in [2.45, 2.75) is 55.4 Å². The second-order valence-corrected chi connectivity index (χ2v) is 16.3. The molecule has 3 heterocycles. The van der Waals surface area contributed by atoms with E-state index in [-0.39, 0.29) is 28.4 Å². The fourth-order valence-corrected chi connectivity index (χ4v) is 8.68. The van der Waals surface area contributed by atoms with Crippen LogP contribution in [0.1, 0.15) is 66.4 Å². The second kappa shape index (κ2) is 15.1. The number of methoxy groups -OCH3 is 1. The summed E-state index contributed by atoms with van der Waals surface area (Å²) in [6, 6.07) is 19.5. The molecule has 0 aromatic heterocycles. The van der Waals surface area contributed by atoms with Crippen molar-refractivity contribution in [2.24, 2.45) is 4.99 Å². The molecule has 282 valence electrons. The number of nitrogens with zero attached hydrogens (tertiary/aromatic N) is 3. The van der Waals surface area contributed by atoms with Crippen LogP contribution in [0.25, 0.3) is 16.3 Å². The molecule has 0 bridgehead atoms. The molecule has 0 saturated heterocycles. The first-order valence-corrected chi connectivity index (χ1v) is 20.1. The Labute approximate surface area is 320 Å². The number of nitrogens with one attached hydrogen (secondary N) is 1. The van der Waals surface area contributed by atoms with E-state index in [1.807, 2.05) is 37.3 Å². The number of hydrogen-bond acceptors (Lipinski definition) is 8. The third-order valence-corrected chi connectivity index (χ3v) is 12.5. The predicted molar refractivity (Wildman–Crippen MR) is 211 cm³/mol. The number of phenolic OH excluding ortho intramolecular Hbond substituents is 1. The SMILES string of the molecule is CNS(=O)(=O)c1ccc(C2=CCN3C(=O)c4cc(OC)c(OCCCCCC(=O)N5C[C@@H](CCl)c6c5cc(O)c5ccccc65)cc4N=C[C@]3(C)C2)cc1. The van der Waals surface area contributed by atoms with Crippen molar-refractivity contribution in [3.63, 3.8) is 0 Å². The van der Waals surface area contributed by atoms with Crippen LogP contribution in [0, 0.1) is 0 Å². The molecule has 3 aliphatic rings. The minimum atomic E-state index is -3.55.